The maximum absolute atomic E-state index is 5.93. The molecule has 0 saturated carbocycles. The zero-order valence-corrected chi connectivity index (χ0v) is 12.7. The van der Waals surface area contributed by atoms with Gasteiger partial charge in [-0.15, -0.1) is 0 Å². The third-order valence-corrected chi connectivity index (χ3v) is 5.28. The van der Waals surface area contributed by atoms with Crippen LogP contribution in [-0.4, -0.2) is 40.6 Å². The van der Waals surface area contributed by atoms with E-state index >= 15 is 0 Å². The Kier molecular flexibility index (Phi) is 3.53. The van der Waals surface area contributed by atoms with E-state index in [9.17, 15) is 0 Å². The number of hydrogen-bond donors (Lipinski definition) is 1. The normalized spacial score (nSPS) is 28.3. The molecule has 0 bridgehead atoms. The van der Waals surface area contributed by atoms with Crippen LogP contribution in [0.15, 0.2) is 4.47 Å². The van der Waals surface area contributed by atoms with Gasteiger partial charge in [-0.05, 0) is 42.2 Å². The average molecular weight is 330 g/mol. The standard InChI is InChI=1S/C12H16BrN3OS/c1-7-10(13)12(18)15-11(14-7)9-5-16-4-2-3-8(16)6-17-9/h8-9H,2-6H2,1H3,(H,14,15,18). The van der Waals surface area contributed by atoms with Crippen LogP contribution in [-0.2, 0) is 4.74 Å². The number of morpholine rings is 1. The van der Waals surface area contributed by atoms with E-state index in [2.05, 4.69) is 30.8 Å². The molecule has 2 unspecified atom stereocenters. The zero-order valence-electron chi connectivity index (χ0n) is 10.3. The summed E-state index contributed by atoms with van der Waals surface area (Å²) in [6.07, 6.45) is 2.56. The lowest BCUT2D eigenvalue weighted by molar-refractivity contribution is -0.0542. The lowest BCUT2D eigenvalue weighted by atomic mass is 10.2. The number of ether oxygens (including phenoxy) is 1. The molecule has 2 saturated heterocycles. The summed E-state index contributed by atoms with van der Waals surface area (Å²) in [5.74, 6) is 0.853. The Bertz CT molecular complexity index is 519. The monoisotopic (exact) mass is 329 g/mol. The maximum Gasteiger partial charge on any atom is 0.144 e. The van der Waals surface area contributed by atoms with Gasteiger partial charge in [0.2, 0.25) is 0 Å². The number of aromatic nitrogens is 2. The lowest BCUT2D eigenvalue weighted by Crippen LogP contribution is -2.42. The molecular formula is C12H16BrN3OS. The highest BCUT2D eigenvalue weighted by atomic mass is 79.9. The lowest BCUT2D eigenvalue weighted by Gasteiger charge is -2.34. The van der Waals surface area contributed by atoms with Crippen molar-refractivity contribution in [2.24, 2.45) is 0 Å². The van der Waals surface area contributed by atoms with Crippen LogP contribution in [0.25, 0.3) is 0 Å². The summed E-state index contributed by atoms with van der Waals surface area (Å²) < 4.78 is 7.41. The van der Waals surface area contributed by atoms with Gasteiger partial charge in [-0.25, -0.2) is 4.98 Å². The summed E-state index contributed by atoms with van der Waals surface area (Å²) in [4.78, 5) is 10.2. The van der Waals surface area contributed by atoms with Crippen molar-refractivity contribution in [3.63, 3.8) is 0 Å². The van der Waals surface area contributed by atoms with E-state index < -0.39 is 0 Å². The van der Waals surface area contributed by atoms with Crippen LogP contribution in [0, 0.1) is 11.6 Å². The number of aryl methyl sites for hydroxylation is 1. The molecule has 0 aromatic carbocycles. The summed E-state index contributed by atoms with van der Waals surface area (Å²) in [6, 6.07) is 0.612. The predicted octanol–water partition coefficient (Wildman–Crippen LogP) is 2.75. The fourth-order valence-corrected chi connectivity index (χ4v) is 3.17. The van der Waals surface area contributed by atoms with Gasteiger partial charge in [-0.1, -0.05) is 12.2 Å². The molecule has 3 heterocycles. The summed E-state index contributed by atoms with van der Waals surface area (Å²) in [5, 5.41) is 0. The van der Waals surface area contributed by atoms with E-state index in [1.807, 2.05) is 6.92 Å². The van der Waals surface area contributed by atoms with Crippen molar-refractivity contribution in [2.45, 2.75) is 31.9 Å². The fraction of sp³-hybridized carbons (Fsp3) is 0.667. The first-order valence-electron chi connectivity index (χ1n) is 6.27. The van der Waals surface area contributed by atoms with E-state index in [1.54, 1.807) is 0 Å². The number of aromatic amines is 1. The Hall–Kier alpha value is -0.300. The van der Waals surface area contributed by atoms with E-state index in [0.29, 0.717) is 10.7 Å². The summed E-state index contributed by atoms with van der Waals surface area (Å²) in [6.45, 7) is 4.90. The number of rotatable bonds is 1. The number of halogens is 1. The van der Waals surface area contributed by atoms with Gasteiger partial charge in [-0.3, -0.25) is 4.90 Å². The van der Waals surface area contributed by atoms with Crippen LogP contribution in [0.4, 0.5) is 0 Å². The van der Waals surface area contributed by atoms with Crippen molar-refractivity contribution in [2.75, 3.05) is 19.7 Å². The van der Waals surface area contributed by atoms with Crippen molar-refractivity contribution in [3.8, 4) is 0 Å². The molecule has 1 aromatic rings. The van der Waals surface area contributed by atoms with Crippen LogP contribution >= 0.6 is 28.1 Å². The number of H-pyrrole nitrogens is 1. The van der Waals surface area contributed by atoms with Gasteiger partial charge in [0.25, 0.3) is 0 Å². The molecule has 0 amide bonds. The largest absolute Gasteiger partial charge is 0.367 e. The Morgan fingerprint density at radius 2 is 2.39 bits per heavy atom. The van der Waals surface area contributed by atoms with Gasteiger partial charge in [0, 0.05) is 18.3 Å². The Morgan fingerprint density at radius 1 is 1.56 bits per heavy atom. The SMILES string of the molecule is Cc1[nH]c(C2CN3CCCC3CO2)nc(=S)c1Br. The minimum Gasteiger partial charge on any atom is -0.367 e. The van der Waals surface area contributed by atoms with Crippen molar-refractivity contribution < 1.29 is 4.74 Å². The third-order valence-electron chi connectivity index (χ3n) is 3.75. The highest BCUT2D eigenvalue weighted by molar-refractivity contribution is 9.10. The zero-order chi connectivity index (χ0) is 12.7. The van der Waals surface area contributed by atoms with E-state index in [-0.39, 0.29) is 6.10 Å². The second-order valence-electron chi connectivity index (χ2n) is 4.98. The number of hydrogen-bond acceptors (Lipinski definition) is 4. The molecule has 6 heteroatoms. The quantitative estimate of drug-likeness (QED) is 0.804. The molecule has 2 aliphatic heterocycles. The molecule has 0 spiro atoms. The second-order valence-corrected chi connectivity index (χ2v) is 6.16. The molecule has 1 aromatic heterocycles. The van der Waals surface area contributed by atoms with Crippen LogP contribution in [0.5, 0.6) is 0 Å². The van der Waals surface area contributed by atoms with Gasteiger partial charge >= 0.3 is 0 Å². The van der Waals surface area contributed by atoms with Crippen LogP contribution in [0.3, 0.4) is 0 Å². The third kappa shape index (κ3) is 2.27. The van der Waals surface area contributed by atoms with Gasteiger partial charge in [0.1, 0.15) is 16.6 Å². The smallest absolute Gasteiger partial charge is 0.144 e. The summed E-state index contributed by atoms with van der Waals surface area (Å²) in [5.41, 5.74) is 1.01. The number of nitrogens with zero attached hydrogens (tertiary/aromatic N) is 2. The summed E-state index contributed by atoms with van der Waals surface area (Å²) >= 11 is 8.68. The number of nitrogens with one attached hydrogen (secondary N) is 1. The molecule has 2 aliphatic rings. The molecule has 2 fully saturated rings. The van der Waals surface area contributed by atoms with Crippen molar-refractivity contribution in [3.05, 3.63) is 20.6 Å². The molecule has 0 aliphatic carbocycles. The summed E-state index contributed by atoms with van der Waals surface area (Å²) in [7, 11) is 0. The molecule has 18 heavy (non-hydrogen) atoms. The first-order valence-corrected chi connectivity index (χ1v) is 7.47. The van der Waals surface area contributed by atoms with E-state index in [4.69, 9.17) is 17.0 Å². The molecular weight excluding hydrogens is 314 g/mol. The highest BCUT2D eigenvalue weighted by Crippen LogP contribution is 2.29. The van der Waals surface area contributed by atoms with E-state index in [0.717, 1.165) is 29.1 Å². The average Bonchev–Trinajstić information content (AvgIpc) is 2.82. The minimum absolute atomic E-state index is 0.0212. The van der Waals surface area contributed by atoms with Crippen molar-refractivity contribution in [1.82, 2.24) is 14.9 Å². The first kappa shape index (κ1) is 12.7. The number of fused-ring (bicyclic) bond motifs is 1. The predicted molar refractivity (Wildman–Crippen MR) is 75.1 cm³/mol. The topological polar surface area (TPSA) is 41.2 Å². The van der Waals surface area contributed by atoms with Crippen molar-refractivity contribution in [1.29, 1.82) is 0 Å². The molecule has 3 rings (SSSR count). The first-order chi connectivity index (χ1) is 8.65. The van der Waals surface area contributed by atoms with Gasteiger partial charge < -0.3 is 9.72 Å². The molecule has 98 valence electrons. The van der Waals surface area contributed by atoms with Gasteiger partial charge in [-0.2, -0.15) is 0 Å². The van der Waals surface area contributed by atoms with Gasteiger partial charge in [0.05, 0.1) is 11.1 Å². The minimum atomic E-state index is 0.0212. The Balaban J connectivity index is 1.85. The second kappa shape index (κ2) is 5.00. The Morgan fingerprint density at radius 3 is 3.17 bits per heavy atom. The van der Waals surface area contributed by atoms with Crippen LogP contribution < -0.4 is 0 Å². The molecule has 2 atom stereocenters. The van der Waals surface area contributed by atoms with Crippen LogP contribution in [0.1, 0.15) is 30.5 Å². The molecule has 1 N–H and O–H groups in total. The fourth-order valence-electron chi connectivity index (χ4n) is 2.73. The maximum atomic E-state index is 5.93. The van der Waals surface area contributed by atoms with Gasteiger partial charge in [0.15, 0.2) is 0 Å². The molecule has 4 nitrogen and oxygen atoms in total. The highest BCUT2D eigenvalue weighted by Gasteiger charge is 2.33. The molecule has 0 radical (unpaired) electrons. The van der Waals surface area contributed by atoms with Crippen molar-refractivity contribution >= 4 is 28.1 Å². The Labute approximate surface area is 120 Å². The van der Waals surface area contributed by atoms with Crippen LogP contribution in [0.2, 0.25) is 0 Å². The van der Waals surface area contributed by atoms with E-state index in [1.165, 1.54) is 19.4 Å².